The SMILES string of the molecule is N#Cc1ccc(S(=O)(=O)N2CCC(C(=O)Nc3ccc(Br)cc3Cl)CC2)cc1. The zero-order valence-electron chi connectivity index (χ0n) is 14.7. The van der Waals surface area contributed by atoms with E-state index in [2.05, 4.69) is 21.2 Å². The Bertz CT molecular complexity index is 1030. The number of anilines is 1. The summed E-state index contributed by atoms with van der Waals surface area (Å²) >= 11 is 9.45. The molecule has 0 spiro atoms. The summed E-state index contributed by atoms with van der Waals surface area (Å²) in [4.78, 5) is 12.7. The first kappa shape index (κ1) is 20.8. The van der Waals surface area contributed by atoms with E-state index in [1.807, 2.05) is 6.07 Å². The second-order valence-corrected chi connectivity index (χ2v) is 9.69. The van der Waals surface area contributed by atoms with Crippen LogP contribution in [0, 0.1) is 17.2 Å². The van der Waals surface area contributed by atoms with Gasteiger partial charge in [-0.2, -0.15) is 9.57 Å². The Labute approximate surface area is 177 Å². The van der Waals surface area contributed by atoms with Gasteiger partial charge in [0.25, 0.3) is 0 Å². The first-order valence-electron chi connectivity index (χ1n) is 8.57. The van der Waals surface area contributed by atoms with Crippen LogP contribution in [0.2, 0.25) is 5.02 Å². The summed E-state index contributed by atoms with van der Waals surface area (Å²) in [7, 11) is -3.64. The predicted octanol–water partition coefficient (Wildman–Crippen LogP) is 4.01. The topological polar surface area (TPSA) is 90.3 Å². The van der Waals surface area contributed by atoms with Crippen LogP contribution in [-0.4, -0.2) is 31.7 Å². The van der Waals surface area contributed by atoms with Gasteiger partial charge in [-0.15, -0.1) is 0 Å². The molecule has 1 fully saturated rings. The van der Waals surface area contributed by atoms with Crippen LogP contribution >= 0.6 is 27.5 Å². The van der Waals surface area contributed by atoms with E-state index in [0.717, 1.165) is 4.47 Å². The minimum atomic E-state index is -3.64. The van der Waals surface area contributed by atoms with E-state index in [4.69, 9.17) is 16.9 Å². The molecular weight excluding hydrogens is 466 g/mol. The maximum absolute atomic E-state index is 12.8. The van der Waals surface area contributed by atoms with Crippen molar-refractivity contribution < 1.29 is 13.2 Å². The quantitative estimate of drug-likeness (QED) is 0.713. The first-order valence-corrected chi connectivity index (χ1v) is 11.2. The molecule has 9 heteroatoms. The highest BCUT2D eigenvalue weighted by Crippen LogP contribution is 2.28. The van der Waals surface area contributed by atoms with Gasteiger partial charge < -0.3 is 5.32 Å². The molecule has 0 unspecified atom stereocenters. The van der Waals surface area contributed by atoms with E-state index in [9.17, 15) is 13.2 Å². The van der Waals surface area contributed by atoms with Crippen molar-refractivity contribution in [1.29, 1.82) is 5.26 Å². The van der Waals surface area contributed by atoms with E-state index in [1.54, 1.807) is 18.2 Å². The Hall–Kier alpha value is -1.92. The molecule has 1 aliphatic heterocycles. The molecule has 0 aromatic heterocycles. The lowest BCUT2D eigenvalue weighted by Crippen LogP contribution is -2.41. The van der Waals surface area contributed by atoms with E-state index in [-0.39, 0.29) is 29.8 Å². The summed E-state index contributed by atoms with van der Waals surface area (Å²) in [6, 6.07) is 13.0. The van der Waals surface area contributed by atoms with Crippen LogP contribution in [0.1, 0.15) is 18.4 Å². The van der Waals surface area contributed by atoms with Gasteiger partial charge in [0, 0.05) is 23.5 Å². The number of rotatable bonds is 4. The lowest BCUT2D eigenvalue weighted by atomic mass is 9.97. The van der Waals surface area contributed by atoms with Crippen LogP contribution in [-0.2, 0) is 14.8 Å². The molecule has 0 aliphatic carbocycles. The van der Waals surface area contributed by atoms with Crippen molar-refractivity contribution in [2.75, 3.05) is 18.4 Å². The normalized spacial score (nSPS) is 15.8. The molecular formula is C19H17BrClN3O3S. The van der Waals surface area contributed by atoms with Crippen molar-refractivity contribution in [3.05, 3.63) is 57.5 Å². The van der Waals surface area contributed by atoms with E-state index < -0.39 is 10.0 Å². The van der Waals surface area contributed by atoms with Gasteiger partial charge in [-0.3, -0.25) is 4.79 Å². The minimum Gasteiger partial charge on any atom is -0.325 e. The number of piperidine rings is 1. The van der Waals surface area contributed by atoms with Gasteiger partial charge in [0.1, 0.15) is 0 Å². The highest BCUT2D eigenvalue weighted by atomic mass is 79.9. The molecule has 6 nitrogen and oxygen atoms in total. The molecule has 0 atom stereocenters. The fourth-order valence-corrected chi connectivity index (χ4v) is 5.22. The van der Waals surface area contributed by atoms with Gasteiger partial charge in [-0.05, 0) is 55.3 Å². The van der Waals surface area contributed by atoms with Crippen LogP contribution in [0.25, 0.3) is 0 Å². The molecule has 1 saturated heterocycles. The molecule has 28 heavy (non-hydrogen) atoms. The Kier molecular flexibility index (Phi) is 6.40. The second kappa shape index (κ2) is 8.62. The molecule has 1 amide bonds. The lowest BCUT2D eigenvalue weighted by molar-refractivity contribution is -0.120. The summed E-state index contributed by atoms with van der Waals surface area (Å²) in [6.07, 6.45) is 0.852. The van der Waals surface area contributed by atoms with Crippen LogP contribution < -0.4 is 5.32 Å². The van der Waals surface area contributed by atoms with Crippen LogP contribution in [0.4, 0.5) is 5.69 Å². The smallest absolute Gasteiger partial charge is 0.243 e. The molecule has 1 heterocycles. The standard InChI is InChI=1S/C19H17BrClN3O3S/c20-15-3-6-18(17(21)11-15)23-19(25)14-7-9-24(10-8-14)28(26,27)16-4-1-13(12-22)2-5-16/h1-6,11,14H,7-10H2,(H,23,25). The highest BCUT2D eigenvalue weighted by molar-refractivity contribution is 9.10. The van der Waals surface area contributed by atoms with Crippen LogP contribution in [0.15, 0.2) is 51.8 Å². The number of hydrogen-bond acceptors (Lipinski definition) is 4. The maximum Gasteiger partial charge on any atom is 0.243 e. The number of amides is 1. The number of hydrogen-bond donors (Lipinski definition) is 1. The van der Waals surface area contributed by atoms with Crippen molar-refractivity contribution >= 4 is 49.1 Å². The third kappa shape index (κ3) is 4.55. The summed E-state index contributed by atoms with van der Waals surface area (Å²) < 4.78 is 27.7. The van der Waals surface area contributed by atoms with Crippen molar-refractivity contribution in [1.82, 2.24) is 4.31 Å². The summed E-state index contributed by atoms with van der Waals surface area (Å²) in [5, 5.41) is 12.1. The van der Waals surface area contributed by atoms with Gasteiger partial charge in [-0.25, -0.2) is 8.42 Å². The van der Waals surface area contributed by atoms with Gasteiger partial charge in [-0.1, -0.05) is 27.5 Å². The Balaban J connectivity index is 1.63. The molecule has 3 rings (SSSR count). The van der Waals surface area contributed by atoms with Crippen LogP contribution in [0.3, 0.4) is 0 Å². The fraction of sp³-hybridized carbons (Fsp3) is 0.263. The Morgan fingerprint density at radius 2 is 1.82 bits per heavy atom. The largest absolute Gasteiger partial charge is 0.325 e. The summed E-state index contributed by atoms with van der Waals surface area (Å²) in [5.74, 6) is -0.452. The highest BCUT2D eigenvalue weighted by Gasteiger charge is 2.32. The fourth-order valence-electron chi connectivity index (χ4n) is 3.03. The van der Waals surface area contributed by atoms with Gasteiger partial charge in [0.05, 0.1) is 27.2 Å². The van der Waals surface area contributed by atoms with Crippen LogP contribution in [0.5, 0.6) is 0 Å². The molecule has 2 aromatic carbocycles. The number of nitriles is 1. The van der Waals surface area contributed by atoms with E-state index in [0.29, 0.717) is 29.1 Å². The monoisotopic (exact) mass is 481 g/mol. The molecule has 2 aromatic rings. The third-order valence-electron chi connectivity index (χ3n) is 4.63. The van der Waals surface area contributed by atoms with E-state index in [1.165, 1.54) is 28.6 Å². The molecule has 146 valence electrons. The summed E-state index contributed by atoms with van der Waals surface area (Å²) in [5.41, 5.74) is 0.934. The van der Waals surface area contributed by atoms with Gasteiger partial charge in [0.15, 0.2) is 0 Å². The molecule has 1 N–H and O–H groups in total. The number of sulfonamides is 1. The number of nitrogens with one attached hydrogen (secondary N) is 1. The Morgan fingerprint density at radius 3 is 2.39 bits per heavy atom. The summed E-state index contributed by atoms with van der Waals surface area (Å²) in [6.45, 7) is 0.517. The molecule has 0 bridgehead atoms. The maximum atomic E-state index is 12.8. The second-order valence-electron chi connectivity index (χ2n) is 6.43. The number of halogens is 2. The number of benzene rings is 2. The van der Waals surface area contributed by atoms with Crippen molar-refractivity contribution in [2.24, 2.45) is 5.92 Å². The predicted molar refractivity (Wildman–Crippen MR) is 110 cm³/mol. The Morgan fingerprint density at radius 1 is 1.18 bits per heavy atom. The number of carbonyl (C=O) groups excluding carboxylic acids is 1. The average molecular weight is 483 g/mol. The zero-order chi connectivity index (χ0) is 20.3. The van der Waals surface area contributed by atoms with Crippen molar-refractivity contribution in [2.45, 2.75) is 17.7 Å². The minimum absolute atomic E-state index is 0.149. The molecule has 0 saturated carbocycles. The average Bonchev–Trinajstić information content (AvgIpc) is 2.70. The molecule has 1 aliphatic rings. The van der Waals surface area contributed by atoms with Gasteiger partial charge >= 0.3 is 0 Å². The van der Waals surface area contributed by atoms with Gasteiger partial charge in [0.2, 0.25) is 15.9 Å². The third-order valence-corrected chi connectivity index (χ3v) is 7.35. The van der Waals surface area contributed by atoms with Crippen molar-refractivity contribution in [3.63, 3.8) is 0 Å². The first-order chi connectivity index (χ1) is 13.3. The van der Waals surface area contributed by atoms with E-state index >= 15 is 0 Å². The number of nitrogens with zero attached hydrogens (tertiary/aromatic N) is 2. The number of carbonyl (C=O) groups is 1. The lowest BCUT2D eigenvalue weighted by Gasteiger charge is -2.30. The molecule has 0 radical (unpaired) electrons. The zero-order valence-corrected chi connectivity index (χ0v) is 17.9. The van der Waals surface area contributed by atoms with Crippen molar-refractivity contribution in [3.8, 4) is 6.07 Å².